The zero-order valence-electron chi connectivity index (χ0n) is 25.1. The lowest BCUT2D eigenvalue weighted by molar-refractivity contribution is -0.126. The Kier molecular flexibility index (Phi) is 14.1. The van der Waals surface area contributed by atoms with Crippen molar-refractivity contribution in [3.05, 3.63) is 29.8 Å². The zero-order valence-corrected chi connectivity index (χ0v) is 26.7. The molecule has 1 atom stereocenters. The van der Waals surface area contributed by atoms with Gasteiger partial charge in [0.2, 0.25) is 11.8 Å². The fourth-order valence-corrected chi connectivity index (χ4v) is 6.67. The average molecular weight is 609 g/mol. The first-order chi connectivity index (χ1) is 19.6. The SMILES string of the molecule is CSCN(CC(=O)NC(CSCC1CCCCC1)C(=O)Nc1ccc(CN2CCOCC2)cc1)C(=O)OC(C)(C)C. The smallest absolute Gasteiger partial charge is 0.411 e. The Balaban J connectivity index is 1.60. The first kappa shape index (κ1) is 33.6. The molecular weight excluding hydrogens is 560 g/mol. The minimum Gasteiger partial charge on any atom is -0.444 e. The molecule has 2 aliphatic rings. The number of benzene rings is 1. The summed E-state index contributed by atoms with van der Waals surface area (Å²) in [5, 5.41) is 5.89. The third-order valence-corrected chi connectivity index (χ3v) is 8.86. The van der Waals surface area contributed by atoms with E-state index in [0.717, 1.165) is 38.6 Å². The molecule has 0 radical (unpaired) electrons. The standard InChI is InChI=1S/C30H48N4O5S2/c1-30(2,3)39-29(37)34(22-40-4)19-27(35)32-26(21-41-20-24-8-6-5-7-9-24)28(36)31-25-12-10-23(11-13-25)18-33-14-16-38-17-15-33/h10-13,24,26H,5-9,14-22H2,1-4H3,(H,31,36)(H,32,35). The van der Waals surface area contributed by atoms with E-state index in [2.05, 4.69) is 15.5 Å². The lowest BCUT2D eigenvalue weighted by atomic mass is 9.91. The molecule has 1 saturated heterocycles. The summed E-state index contributed by atoms with van der Waals surface area (Å²) in [5.74, 6) is 1.78. The lowest BCUT2D eigenvalue weighted by Gasteiger charge is -2.27. The van der Waals surface area contributed by atoms with Crippen LogP contribution in [0.3, 0.4) is 0 Å². The Morgan fingerprint density at radius 1 is 1.10 bits per heavy atom. The number of carbonyl (C=O) groups is 3. The third kappa shape index (κ3) is 12.8. The van der Waals surface area contributed by atoms with Gasteiger partial charge in [-0.15, -0.1) is 11.8 Å². The molecule has 1 saturated carbocycles. The summed E-state index contributed by atoms with van der Waals surface area (Å²) in [4.78, 5) is 42.9. The number of hydrogen-bond acceptors (Lipinski definition) is 8. The van der Waals surface area contributed by atoms with Crippen LogP contribution in [0.2, 0.25) is 0 Å². The number of rotatable bonds is 13. The highest BCUT2D eigenvalue weighted by Gasteiger charge is 2.27. The fourth-order valence-electron chi connectivity index (χ4n) is 4.89. The predicted molar refractivity (Wildman–Crippen MR) is 168 cm³/mol. The number of carbonyl (C=O) groups excluding carboxylic acids is 3. The van der Waals surface area contributed by atoms with Gasteiger partial charge in [0.15, 0.2) is 0 Å². The van der Waals surface area contributed by atoms with E-state index < -0.39 is 17.7 Å². The number of hydrogen-bond donors (Lipinski definition) is 2. The van der Waals surface area contributed by atoms with Crippen LogP contribution >= 0.6 is 23.5 Å². The molecule has 1 aromatic rings. The number of anilines is 1. The highest BCUT2D eigenvalue weighted by Crippen LogP contribution is 2.27. The largest absolute Gasteiger partial charge is 0.444 e. The Morgan fingerprint density at radius 2 is 1.78 bits per heavy atom. The van der Waals surface area contributed by atoms with Gasteiger partial charge in [0.25, 0.3) is 0 Å². The van der Waals surface area contributed by atoms with E-state index in [1.54, 1.807) is 32.5 Å². The Labute approximate surface area is 254 Å². The molecule has 11 heteroatoms. The van der Waals surface area contributed by atoms with Gasteiger partial charge >= 0.3 is 6.09 Å². The van der Waals surface area contributed by atoms with Gasteiger partial charge in [-0.2, -0.15) is 11.8 Å². The first-order valence-electron chi connectivity index (χ1n) is 14.7. The van der Waals surface area contributed by atoms with E-state index in [1.807, 2.05) is 30.5 Å². The quantitative estimate of drug-likeness (QED) is 0.308. The lowest BCUT2D eigenvalue weighted by Crippen LogP contribution is -2.50. The number of thioether (sulfide) groups is 2. The fraction of sp³-hybridized carbons (Fsp3) is 0.700. The minimum atomic E-state index is -0.723. The molecule has 3 amide bonds. The van der Waals surface area contributed by atoms with Crippen molar-refractivity contribution in [3.8, 4) is 0 Å². The second-order valence-electron chi connectivity index (χ2n) is 11.8. The van der Waals surface area contributed by atoms with Gasteiger partial charge in [-0.3, -0.25) is 19.4 Å². The van der Waals surface area contributed by atoms with E-state index in [-0.39, 0.29) is 18.4 Å². The molecule has 1 unspecified atom stereocenters. The molecule has 41 heavy (non-hydrogen) atoms. The highest BCUT2D eigenvalue weighted by molar-refractivity contribution is 7.99. The summed E-state index contributed by atoms with van der Waals surface area (Å²) in [6, 6.07) is 7.14. The molecular formula is C30H48N4O5S2. The molecule has 2 N–H and O–H groups in total. The van der Waals surface area contributed by atoms with Crippen LogP contribution in [0.15, 0.2) is 24.3 Å². The van der Waals surface area contributed by atoms with Gasteiger partial charge in [-0.25, -0.2) is 4.79 Å². The topological polar surface area (TPSA) is 100 Å². The van der Waals surface area contributed by atoms with Crippen molar-refractivity contribution in [3.63, 3.8) is 0 Å². The van der Waals surface area contributed by atoms with Crippen molar-refractivity contribution in [2.45, 2.75) is 71.1 Å². The summed E-state index contributed by atoms with van der Waals surface area (Å²) in [6.07, 6.45) is 7.61. The van der Waals surface area contributed by atoms with E-state index in [9.17, 15) is 14.4 Å². The predicted octanol–water partition coefficient (Wildman–Crippen LogP) is 4.81. The van der Waals surface area contributed by atoms with Crippen molar-refractivity contribution in [2.75, 3.05) is 61.8 Å². The molecule has 9 nitrogen and oxygen atoms in total. The van der Waals surface area contributed by atoms with Crippen molar-refractivity contribution in [1.82, 2.24) is 15.1 Å². The Hall–Kier alpha value is -1.95. The number of nitrogens with one attached hydrogen (secondary N) is 2. The third-order valence-electron chi connectivity index (χ3n) is 7.02. The van der Waals surface area contributed by atoms with Crippen LogP contribution in [-0.2, 0) is 25.6 Å². The van der Waals surface area contributed by atoms with Crippen molar-refractivity contribution in [1.29, 1.82) is 0 Å². The zero-order chi connectivity index (χ0) is 29.7. The molecule has 1 aliphatic carbocycles. The van der Waals surface area contributed by atoms with Gasteiger partial charge < -0.3 is 20.1 Å². The van der Waals surface area contributed by atoms with Crippen LogP contribution in [0.5, 0.6) is 0 Å². The molecule has 0 aromatic heterocycles. The van der Waals surface area contributed by atoms with Gasteiger partial charge in [-0.1, -0.05) is 31.4 Å². The number of ether oxygens (including phenoxy) is 2. The number of amides is 3. The molecule has 0 spiro atoms. The van der Waals surface area contributed by atoms with Gasteiger partial charge in [0, 0.05) is 31.1 Å². The molecule has 0 bridgehead atoms. The van der Waals surface area contributed by atoms with Crippen LogP contribution in [0.1, 0.15) is 58.4 Å². The maximum atomic E-state index is 13.4. The summed E-state index contributed by atoms with van der Waals surface area (Å²) in [5.41, 5.74) is 1.20. The normalized spacial score (nSPS) is 17.5. The van der Waals surface area contributed by atoms with Crippen molar-refractivity contribution < 1.29 is 23.9 Å². The average Bonchev–Trinajstić information content (AvgIpc) is 2.93. The summed E-state index contributed by atoms with van der Waals surface area (Å²) in [7, 11) is 0. The van der Waals surface area contributed by atoms with Crippen molar-refractivity contribution in [2.24, 2.45) is 5.92 Å². The second kappa shape index (κ2) is 17.2. The molecule has 1 aromatic carbocycles. The van der Waals surface area contributed by atoms with Crippen LogP contribution < -0.4 is 10.6 Å². The molecule has 1 aliphatic heterocycles. The Morgan fingerprint density at radius 3 is 2.41 bits per heavy atom. The van der Waals surface area contributed by atoms with Gasteiger partial charge in [-0.05, 0) is 69.2 Å². The van der Waals surface area contributed by atoms with E-state index in [4.69, 9.17) is 9.47 Å². The van der Waals surface area contributed by atoms with Crippen molar-refractivity contribution >= 4 is 47.1 Å². The van der Waals surface area contributed by atoms with E-state index in [1.165, 1.54) is 54.3 Å². The second-order valence-corrected chi connectivity index (χ2v) is 13.7. The van der Waals surface area contributed by atoms with Crippen LogP contribution in [0.4, 0.5) is 10.5 Å². The highest BCUT2D eigenvalue weighted by atomic mass is 32.2. The number of morpholine rings is 1. The summed E-state index contributed by atoms with van der Waals surface area (Å²) in [6.45, 7) is 9.40. The number of nitrogens with zero attached hydrogens (tertiary/aromatic N) is 2. The monoisotopic (exact) mass is 608 g/mol. The van der Waals surface area contributed by atoms with Gasteiger partial charge in [0.1, 0.15) is 18.2 Å². The van der Waals surface area contributed by atoms with E-state index in [0.29, 0.717) is 23.2 Å². The van der Waals surface area contributed by atoms with Crippen LogP contribution in [-0.4, -0.2) is 95.8 Å². The minimum absolute atomic E-state index is 0.178. The van der Waals surface area contributed by atoms with Gasteiger partial charge in [0.05, 0.1) is 19.1 Å². The summed E-state index contributed by atoms with van der Waals surface area (Å²) < 4.78 is 10.9. The van der Waals surface area contributed by atoms with E-state index >= 15 is 0 Å². The van der Waals surface area contributed by atoms with Crippen LogP contribution in [0.25, 0.3) is 0 Å². The Bertz CT molecular complexity index is 961. The maximum absolute atomic E-state index is 13.4. The first-order valence-corrected chi connectivity index (χ1v) is 17.2. The summed E-state index contributed by atoms with van der Waals surface area (Å²) >= 11 is 3.14. The molecule has 230 valence electrons. The van der Waals surface area contributed by atoms with Crippen LogP contribution in [0, 0.1) is 5.92 Å². The molecule has 1 heterocycles. The maximum Gasteiger partial charge on any atom is 0.411 e. The molecule has 2 fully saturated rings. The molecule has 3 rings (SSSR count).